The Kier molecular flexibility index (Phi) is 6.37. The van der Waals surface area contributed by atoms with Gasteiger partial charge in [0.05, 0.1) is 14.2 Å². The van der Waals surface area contributed by atoms with Gasteiger partial charge in [0.15, 0.2) is 6.10 Å². The summed E-state index contributed by atoms with van der Waals surface area (Å²) in [6, 6.07) is 10.6. The third-order valence-electron chi connectivity index (χ3n) is 3.72. The molecule has 2 rings (SSSR count). The zero-order valence-electron chi connectivity index (χ0n) is 15.1. The lowest BCUT2D eigenvalue weighted by molar-refractivity contribution is -0.123. The minimum Gasteiger partial charge on any atom is -0.497 e. The highest BCUT2D eigenvalue weighted by molar-refractivity contribution is 5.99. The van der Waals surface area contributed by atoms with Gasteiger partial charge in [-0.1, -0.05) is 0 Å². The average molecular weight is 372 g/mol. The Morgan fingerprint density at radius 3 is 2.22 bits per heavy atom. The number of hydrogen-bond donors (Lipinski definition) is 2. The molecular formula is C19H20N2O6. The number of nitrogens with one attached hydrogen (secondary N) is 1. The molecule has 2 amide bonds. The third kappa shape index (κ3) is 4.97. The van der Waals surface area contributed by atoms with Crippen molar-refractivity contribution in [3.05, 3.63) is 53.6 Å². The van der Waals surface area contributed by atoms with Crippen LogP contribution in [0.5, 0.6) is 11.5 Å². The smallest absolute Gasteiger partial charge is 0.342 e. The molecule has 0 unspecified atom stereocenters. The summed E-state index contributed by atoms with van der Waals surface area (Å²) in [7, 11) is 2.91. The molecule has 0 radical (unpaired) electrons. The van der Waals surface area contributed by atoms with Gasteiger partial charge in [-0.15, -0.1) is 0 Å². The van der Waals surface area contributed by atoms with Crippen LogP contribution in [-0.2, 0) is 9.53 Å². The van der Waals surface area contributed by atoms with E-state index in [-0.39, 0.29) is 11.3 Å². The van der Waals surface area contributed by atoms with Crippen molar-refractivity contribution in [1.82, 2.24) is 0 Å². The SMILES string of the molecule is COc1ccc(C(=O)O[C@@H](C)C(=O)Nc2ccc(C(N)=O)cc2)c(OC)c1. The first-order valence-corrected chi connectivity index (χ1v) is 7.99. The maximum atomic E-state index is 12.3. The van der Waals surface area contributed by atoms with Crippen molar-refractivity contribution in [3.63, 3.8) is 0 Å². The van der Waals surface area contributed by atoms with Gasteiger partial charge in [0.2, 0.25) is 5.91 Å². The molecule has 142 valence electrons. The molecule has 0 aromatic heterocycles. The maximum Gasteiger partial charge on any atom is 0.342 e. The summed E-state index contributed by atoms with van der Waals surface area (Å²) in [6.45, 7) is 1.45. The lowest BCUT2D eigenvalue weighted by Crippen LogP contribution is -2.30. The molecule has 0 fully saturated rings. The molecule has 0 heterocycles. The van der Waals surface area contributed by atoms with Crippen LogP contribution >= 0.6 is 0 Å². The summed E-state index contributed by atoms with van der Waals surface area (Å²) in [5.74, 6) is -1.00. The summed E-state index contributed by atoms with van der Waals surface area (Å²) in [6.07, 6.45) is -1.06. The van der Waals surface area contributed by atoms with Crippen LogP contribution in [0.4, 0.5) is 5.69 Å². The van der Waals surface area contributed by atoms with Gasteiger partial charge >= 0.3 is 5.97 Å². The Hall–Kier alpha value is -3.55. The van der Waals surface area contributed by atoms with E-state index in [1.807, 2.05) is 0 Å². The Bertz CT molecular complexity index is 848. The molecule has 0 aliphatic heterocycles. The van der Waals surface area contributed by atoms with Crippen molar-refractivity contribution < 1.29 is 28.6 Å². The number of rotatable bonds is 7. The number of esters is 1. The highest BCUT2D eigenvalue weighted by atomic mass is 16.5. The van der Waals surface area contributed by atoms with E-state index in [2.05, 4.69) is 5.32 Å². The lowest BCUT2D eigenvalue weighted by atomic mass is 10.2. The van der Waals surface area contributed by atoms with E-state index < -0.39 is 23.9 Å². The van der Waals surface area contributed by atoms with Crippen molar-refractivity contribution in [3.8, 4) is 11.5 Å². The number of amides is 2. The number of nitrogens with two attached hydrogens (primary N) is 1. The molecule has 0 bridgehead atoms. The van der Waals surface area contributed by atoms with E-state index in [9.17, 15) is 14.4 Å². The highest BCUT2D eigenvalue weighted by Crippen LogP contribution is 2.25. The molecule has 0 saturated heterocycles. The first-order chi connectivity index (χ1) is 12.8. The summed E-state index contributed by atoms with van der Waals surface area (Å²) in [5, 5.41) is 2.59. The van der Waals surface area contributed by atoms with Crippen LogP contribution in [0, 0.1) is 0 Å². The van der Waals surface area contributed by atoms with Gasteiger partial charge in [-0.2, -0.15) is 0 Å². The van der Waals surface area contributed by atoms with Crippen LogP contribution in [-0.4, -0.2) is 38.1 Å². The molecule has 0 aliphatic carbocycles. The van der Waals surface area contributed by atoms with Crippen molar-refractivity contribution in [1.29, 1.82) is 0 Å². The lowest BCUT2D eigenvalue weighted by Gasteiger charge is -2.15. The highest BCUT2D eigenvalue weighted by Gasteiger charge is 2.22. The normalized spacial score (nSPS) is 11.2. The van der Waals surface area contributed by atoms with E-state index >= 15 is 0 Å². The van der Waals surface area contributed by atoms with Gasteiger partial charge in [-0.25, -0.2) is 4.79 Å². The fourth-order valence-electron chi connectivity index (χ4n) is 2.21. The largest absolute Gasteiger partial charge is 0.497 e. The Balaban J connectivity index is 2.03. The predicted molar refractivity (Wildman–Crippen MR) is 98.0 cm³/mol. The zero-order valence-corrected chi connectivity index (χ0v) is 15.1. The summed E-state index contributed by atoms with van der Waals surface area (Å²) < 4.78 is 15.4. The monoisotopic (exact) mass is 372 g/mol. The maximum absolute atomic E-state index is 12.3. The molecule has 2 aromatic carbocycles. The van der Waals surface area contributed by atoms with Crippen molar-refractivity contribution in [2.24, 2.45) is 5.73 Å². The first-order valence-electron chi connectivity index (χ1n) is 7.99. The van der Waals surface area contributed by atoms with E-state index in [0.717, 1.165) is 0 Å². The molecule has 1 atom stereocenters. The van der Waals surface area contributed by atoms with Crippen LogP contribution < -0.4 is 20.5 Å². The van der Waals surface area contributed by atoms with Gasteiger partial charge < -0.3 is 25.3 Å². The zero-order chi connectivity index (χ0) is 20.0. The second kappa shape index (κ2) is 8.70. The number of anilines is 1. The number of hydrogen-bond acceptors (Lipinski definition) is 6. The molecule has 0 aliphatic rings. The Labute approximate surface area is 156 Å². The van der Waals surface area contributed by atoms with Crippen LogP contribution in [0.1, 0.15) is 27.6 Å². The minimum absolute atomic E-state index is 0.170. The second-order valence-corrected chi connectivity index (χ2v) is 5.54. The fraction of sp³-hybridized carbons (Fsp3) is 0.211. The number of carbonyl (C=O) groups is 3. The molecule has 0 spiro atoms. The Morgan fingerprint density at radius 2 is 1.67 bits per heavy atom. The van der Waals surface area contributed by atoms with E-state index in [1.165, 1.54) is 51.5 Å². The van der Waals surface area contributed by atoms with Crippen molar-refractivity contribution >= 4 is 23.5 Å². The number of methoxy groups -OCH3 is 2. The van der Waals surface area contributed by atoms with Crippen molar-refractivity contribution in [2.45, 2.75) is 13.0 Å². The van der Waals surface area contributed by atoms with Crippen LogP contribution in [0.15, 0.2) is 42.5 Å². The van der Waals surface area contributed by atoms with Gasteiger partial charge in [-0.05, 0) is 43.3 Å². The summed E-state index contributed by atoms with van der Waals surface area (Å²) in [5.41, 5.74) is 6.09. The summed E-state index contributed by atoms with van der Waals surface area (Å²) in [4.78, 5) is 35.6. The molecule has 3 N–H and O–H groups in total. The van der Waals surface area contributed by atoms with Gasteiger partial charge in [0.25, 0.3) is 5.91 Å². The van der Waals surface area contributed by atoms with Crippen LogP contribution in [0.2, 0.25) is 0 Å². The average Bonchev–Trinajstić information content (AvgIpc) is 2.67. The Morgan fingerprint density at radius 1 is 1.00 bits per heavy atom. The van der Waals surface area contributed by atoms with E-state index in [0.29, 0.717) is 17.0 Å². The van der Waals surface area contributed by atoms with Gasteiger partial charge in [-0.3, -0.25) is 9.59 Å². The van der Waals surface area contributed by atoms with E-state index in [4.69, 9.17) is 19.9 Å². The van der Waals surface area contributed by atoms with Gasteiger partial charge in [0.1, 0.15) is 17.1 Å². The predicted octanol–water partition coefficient (Wildman–Crippen LogP) is 1.99. The van der Waals surface area contributed by atoms with Crippen LogP contribution in [0.25, 0.3) is 0 Å². The molecule has 0 saturated carbocycles. The molecular weight excluding hydrogens is 352 g/mol. The number of primary amides is 1. The minimum atomic E-state index is -1.06. The number of benzene rings is 2. The standard InChI is InChI=1S/C19H20N2O6/c1-11(18(23)21-13-6-4-12(5-7-13)17(20)22)27-19(24)15-9-8-14(25-2)10-16(15)26-3/h4-11H,1-3H3,(H2,20,22)(H,21,23)/t11-/m0/s1. The van der Waals surface area contributed by atoms with Gasteiger partial charge in [0, 0.05) is 17.3 Å². The molecule has 8 nitrogen and oxygen atoms in total. The first kappa shape index (κ1) is 19.8. The topological polar surface area (TPSA) is 117 Å². The molecule has 8 heteroatoms. The second-order valence-electron chi connectivity index (χ2n) is 5.54. The third-order valence-corrected chi connectivity index (χ3v) is 3.72. The fourth-order valence-corrected chi connectivity index (χ4v) is 2.21. The summed E-state index contributed by atoms with van der Waals surface area (Å²) >= 11 is 0. The van der Waals surface area contributed by atoms with Crippen LogP contribution in [0.3, 0.4) is 0 Å². The van der Waals surface area contributed by atoms with Crippen molar-refractivity contribution in [2.75, 3.05) is 19.5 Å². The quantitative estimate of drug-likeness (QED) is 0.718. The molecule has 2 aromatic rings. The van der Waals surface area contributed by atoms with E-state index in [1.54, 1.807) is 12.1 Å². The number of carbonyl (C=O) groups excluding carboxylic acids is 3. The molecule has 27 heavy (non-hydrogen) atoms. The number of ether oxygens (including phenoxy) is 3.